The number of halogens is 1. The molecule has 1 N–H and O–H groups in total. The molecule has 4 heterocycles. The maximum atomic E-state index is 14.0. The number of hydrogen-bond acceptors (Lipinski definition) is 5. The van der Waals surface area contributed by atoms with Crippen LogP contribution in [-0.2, 0) is 6.42 Å². The summed E-state index contributed by atoms with van der Waals surface area (Å²) in [5.41, 5.74) is 2.85. The minimum absolute atomic E-state index is 0.311. The maximum Gasteiger partial charge on any atom is 0.200 e. The van der Waals surface area contributed by atoms with Gasteiger partial charge in [-0.3, -0.25) is 9.97 Å². The molecule has 4 aromatic heterocycles. The predicted molar refractivity (Wildman–Crippen MR) is 104 cm³/mol. The standard InChI is InChI=1S/C18H15FN6.C2H6/c1-2-12-7-10-25-16(12)18(22-14-6-9-20-11-13(14)19)23-17(24-25)15-5-3-4-8-21-15;1-2/h3-11H,2H2,1H3,(H,20,22,23,24);1-2H3. The fourth-order valence-corrected chi connectivity index (χ4v) is 2.67. The second kappa shape index (κ2) is 8.35. The summed E-state index contributed by atoms with van der Waals surface area (Å²) in [5.74, 6) is 0.550. The van der Waals surface area contributed by atoms with Crippen molar-refractivity contribution in [1.29, 1.82) is 0 Å². The molecule has 0 spiro atoms. The minimum atomic E-state index is -0.441. The molecule has 0 saturated heterocycles. The third-order valence-corrected chi connectivity index (χ3v) is 3.90. The Balaban J connectivity index is 0.00000102. The molecule has 0 bridgehead atoms. The van der Waals surface area contributed by atoms with E-state index in [1.54, 1.807) is 16.8 Å². The van der Waals surface area contributed by atoms with Crippen LogP contribution >= 0.6 is 0 Å². The van der Waals surface area contributed by atoms with Crippen molar-refractivity contribution in [1.82, 2.24) is 24.6 Å². The van der Waals surface area contributed by atoms with Gasteiger partial charge in [0.15, 0.2) is 11.6 Å². The molecule has 0 radical (unpaired) electrons. The molecule has 4 rings (SSSR count). The number of fused-ring (bicyclic) bond motifs is 1. The van der Waals surface area contributed by atoms with Gasteiger partial charge in [-0.2, -0.15) is 0 Å². The molecule has 138 valence electrons. The molecule has 4 aromatic rings. The van der Waals surface area contributed by atoms with Gasteiger partial charge in [0.25, 0.3) is 0 Å². The lowest BCUT2D eigenvalue weighted by Crippen LogP contribution is -2.05. The molecule has 0 fully saturated rings. The van der Waals surface area contributed by atoms with E-state index in [2.05, 4.69) is 32.3 Å². The molecule has 0 aliphatic carbocycles. The number of nitrogens with one attached hydrogen (secondary N) is 1. The van der Waals surface area contributed by atoms with Crippen molar-refractivity contribution in [2.24, 2.45) is 0 Å². The van der Waals surface area contributed by atoms with Crippen LogP contribution in [0.1, 0.15) is 26.3 Å². The van der Waals surface area contributed by atoms with Crippen LogP contribution in [0, 0.1) is 5.82 Å². The first-order valence-electron chi connectivity index (χ1n) is 8.92. The zero-order valence-corrected chi connectivity index (χ0v) is 15.5. The molecule has 0 aliphatic rings. The van der Waals surface area contributed by atoms with Gasteiger partial charge in [0.05, 0.1) is 11.9 Å². The lowest BCUT2D eigenvalue weighted by atomic mass is 10.2. The summed E-state index contributed by atoms with van der Waals surface area (Å²) >= 11 is 0. The number of aromatic nitrogens is 5. The number of hydrogen-bond donors (Lipinski definition) is 1. The van der Waals surface area contributed by atoms with E-state index in [-0.39, 0.29) is 0 Å². The molecule has 0 atom stereocenters. The van der Waals surface area contributed by atoms with Gasteiger partial charge in [0.2, 0.25) is 5.82 Å². The Morgan fingerprint density at radius 1 is 1.11 bits per heavy atom. The molecule has 0 saturated carbocycles. The first kappa shape index (κ1) is 18.4. The van der Waals surface area contributed by atoms with Crippen LogP contribution in [0.5, 0.6) is 0 Å². The summed E-state index contributed by atoms with van der Waals surface area (Å²) in [5, 5.41) is 7.61. The zero-order valence-electron chi connectivity index (χ0n) is 15.5. The van der Waals surface area contributed by atoms with E-state index in [1.165, 1.54) is 12.4 Å². The topological polar surface area (TPSA) is 68.0 Å². The molecule has 6 nitrogen and oxygen atoms in total. The van der Waals surface area contributed by atoms with Crippen molar-refractivity contribution < 1.29 is 4.39 Å². The molecule has 0 aromatic carbocycles. The van der Waals surface area contributed by atoms with E-state index in [0.29, 0.717) is 23.0 Å². The highest BCUT2D eigenvalue weighted by molar-refractivity contribution is 5.78. The van der Waals surface area contributed by atoms with Crippen LogP contribution in [0.3, 0.4) is 0 Å². The monoisotopic (exact) mass is 364 g/mol. The van der Waals surface area contributed by atoms with Crippen LogP contribution in [0.25, 0.3) is 17.0 Å². The normalized spacial score (nSPS) is 10.4. The van der Waals surface area contributed by atoms with Crippen molar-refractivity contribution in [2.75, 3.05) is 5.32 Å². The summed E-state index contributed by atoms with van der Waals surface area (Å²) in [6.07, 6.45) is 7.07. The second-order valence-electron chi connectivity index (χ2n) is 5.47. The number of rotatable bonds is 4. The van der Waals surface area contributed by atoms with Crippen molar-refractivity contribution in [3.63, 3.8) is 0 Å². The highest BCUT2D eigenvalue weighted by Gasteiger charge is 2.15. The molecular weight excluding hydrogens is 343 g/mol. The van der Waals surface area contributed by atoms with E-state index >= 15 is 0 Å². The predicted octanol–water partition coefficient (Wildman–Crippen LogP) is 4.66. The van der Waals surface area contributed by atoms with Gasteiger partial charge in [0, 0.05) is 18.6 Å². The van der Waals surface area contributed by atoms with Crippen LogP contribution in [-0.4, -0.2) is 24.6 Å². The van der Waals surface area contributed by atoms with Crippen LogP contribution in [0.4, 0.5) is 15.9 Å². The van der Waals surface area contributed by atoms with Crippen LogP contribution in [0.2, 0.25) is 0 Å². The van der Waals surface area contributed by atoms with Gasteiger partial charge < -0.3 is 5.32 Å². The third kappa shape index (κ3) is 3.76. The second-order valence-corrected chi connectivity index (χ2v) is 5.47. The number of aryl methyl sites for hydroxylation is 1. The Morgan fingerprint density at radius 3 is 2.67 bits per heavy atom. The van der Waals surface area contributed by atoms with E-state index in [9.17, 15) is 4.39 Å². The Hall–Kier alpha value is -3.35. The van der Waals surface area contributed by atoms with Crippen molar-refractivity contribution >= 4 is 17.0 Å². The first-order chi connectivity index (χ1) is 13.3. The van der Waals surface area contributed by atoms with E-state index in [0.717, 1.165) is 17.5 Å². The molecule has 7 heteroatoms. The molecule has 0 amide bonds. The highest BCUT2D eigenvalue weighted by Crippen LogP contribution is 2.27. The summed E-state index contributed by atoms with van der Waals surface area (Å²) < 4.78 is 15.8. The Kier molecular flexibility index (Phi) is 5.71. The zero-order chi connectivity index (χ0) is 19.2. The van der Waals surface area contributed by atoms with Crippen LogP contribution in [0.15, 0.2) is 55.1 Å². The van der Waals surface area contributed by atoms with Gasteiger partial charge in [0.1, 0.15) is 11.2 Å². The number of anilines is 2. The molecule has 0 unspecified atom stereocenters. The number of nitrogens with zero attached hydrogens (tertiary/aromatic N) is 5. The van der Waals surface area contributed by atoms with Gasteiger partial charge in [-0.1, -0.05) is 26.8 Å². The summed E-state index contributed by atoms with van der Waals surface area (Å²) in [4.78, 5) is 12.7. The Labute approximate surface area is 157 Å². The fraction of sp³-hybridized carbons (Fsp3) is 0.200. The minimum Gasteiger partial charge on any atom is -0.336 e. The third-order valence-electron chi connectivity index (χ3n) is 3.90. The van der Waals surface area contributed by atoms with Crippen molar-refractivity contribution in [2.45, 2.75) is 27.2 Å². The maximum absolute atomic E-state index is 14.0. The summed E-state index contributed by atoms with van der Waals surface area (Å²) in [6, 6.07) is 9.10. The van der Waals surface area contributed by atoms with Gasteiger partial charge in [-0.15, -0.1) is 5.10 Å². The highest BCUT2D eigenvalue weighted by atomic mass is 19.1. The largest absolute Gasteiger partial charge is 0.336 e. The Morgan fingerprint density at radius 2 is 1.96 bits per heavy atom. The van der Waals surface area contributed by atoms with E-state index in [1.807, 2.05) is 44.3 Å². The van der Waals surface area contributed by atoms with Crippen molar-refractivity contribution in [3.8, 4) is 11.5 Å². The SMILES string of the molecule is CC.CCc1ccn2nc(-c3ccccn3)nc(Nc3ccncc3F)c12. The van der Waals surface area contributed by atoms with Gasteiger partial charge in [-0.25, -0.2) is 13.9 Å². The van der Waals surface area contributed by atoms with E-state index in [4.69, 9.17) is 0 Å². The first-order valence-corrected chi connectivity index (χ1v) is 8.92. The molecule has 27 heavy (non-hydrogen) atoms. The quantitative estimate of drug-likeness (QED) is 0.570. The summed E-state index contributed by atoms with van der Waals surface area (Å²) in [7, 11) is 0. The Bertz CT molecular complexity index is 1030. The van der Waals surface area contributed by atoms with Crippen LogP contribution < -0.4 is 5.32 Å². The number of pyridine rings is 2. The van der Waals surface area contributed by atoms with Gasteiger partial charge in [-0.05, 0) is 36.2 Å². The fourth-order valence-electron chi connectivity index (χ4n) is 2.67. The lowest BCUT2D eigenvalue weighted by Gasteiger charge is -2.11. The van der Waals surface area contributed by atoms with Crippen molar-refractivity contribution in [3.05, 3.63) is 66.5 Å². The van der Waals surface area contributed by atoms with Gasteiger partial charge >= 0.3 is 0 Å². The smallest absolute Gasteiger partial charge is 0.200 e. The average Bonchev–Trinajstić information content (AvgIpc) is 3.15. The van der Waals surface area contributed by atoms with E-state index < -0.39 is 5.82 Å². The average molecular weight is 364 g/mol. The molecular formula is C20H21FN6. The molecule has 0 aliphatic heterocycles. The summed E-state index contributed by atoms with van der Waals surface area (Å²) in [6.45, 7) is 6.05. The lowest BCUT2D eigenvalue weighted by molar-refractivity contribution is 0.625.